The Morgan fingerprint density at radius 2 is 2.00 bits per heavy atom. The molecule has 92 valence electrons. The van der Waals surface area contributed by atoms with Gasteiger partial charge in [0.2, 0.25) is 0 Å². The van der Waals surface area contributed by atoms with Crippen LogP contribution in [0.2, 0.25) is 0 Å². The molecular weight excluding hydrogens is 224 g/mol. The molecule has 0 radical (unpaired) electrons. The lowest BCUT2D eigenvalue weighted by molar-refractivity contribution is 0.0809. The maximum absolute atomic E-state index is 13.1. The topological polar surface area (TPSA) is 29.1 Å². The minimum absolute atomic E-state index is 0.132. The van der Waals surface area contributed by atoms with Gasteiger partial charge >= 0.3 is 0 Å². The van der Waals surface area contributed by atoms with E-state index in [0.717, 1.165) is 31.2 Å². The van der Waals surface area contributed by atoms with Crippen molar-refractivity contribution in [3.63, 3.8) is 0 Å². The van der Waals surface area contributed by atoms with Gasteiger partial charge in [0.25, 0.3) is 0 Å². The van der Waals surface area contributed by atoms with E-state index < -0.39 is 17.0 Å². The number of carbonyl (C=O) groups is 1. The van der Waals surface area contributed by atoms with Gasteiger partial charge in [0, 0.05) is 23.6 Å². The van der Waals surface area contributed by atoms with Crippen LogP contribution < -0.4 is 5.32 Å². The van der Waals surface area contributed by atoms with Crippen molar-refractivity contribution in [2.45, 2.75) is 19.8 Å². The number of hydrogen-bond acceptors (Lipinski definition) is 2. The number of ketones is 1. The van der Waals surface area contributed by atoms with Gasteiger partial charge in [0.15, 0.2) is 5.78 Å². The third-order valence-electron chi connectivity index (χ3n) is 3.53. The Balaban J connectivity index is 2.35. The Morgan fingerprint density at radius 3 is 2.47 bits per heavy atom. The van der Waals surface area contributed by atoms with Crippen molar-refractivity contribution in [1.29, 1.82) is 0 Å². The molecular formula is C13H15F2NO. The van der Waals surface area contributed by atoms with E-state index in [2.05, 4.69) is 5.32 Å². The number of benzene rings is 1. The van der Waals surface area contributed by atoms with E-state index in [9.17, 15) is 13.6 Å². The molecule has 1 heterocycles. The zero-order valence-electron chi connectivity index (χ0n) is 9.72. The van der Waals surface area contributed by atoms with Gasteiger partial charge < -0.3 is 5.32 Å². The van der Waals surface area contributed by atoms with E-state index in [-0.39, 0.29) is 11.3 Å². The van der Waals surface area contributed by atoms with Crippen LogP contribution in [0.1, 0.15) is 30.1 Å². The highest BCUT2D eigenvalue weighted by Gasteiger charge is 2.39. The van der Waals surface area contributed by atoms with Gasteiger partial charge in [-0.25, -0.2) is 8.78 Å². The summed E-state index contributed by atoms with van der Waals surface area (Å²) >= 11 is 0. The monoisotopic (exact) mass is 239 g/mol. The van der Waals surface area contributed by atoms with Crippen molar-refractivity contribution in [3.05, 3.63) is 35.4 Å². The first-order valence-electron chi connectivity index (χ1n) is 5.79. The van der Waals surface area contributed by atoms with Crippen LogP contribution in [0, 0.1) is 17.0 Å². The second-order valence-corrected chi connectivity index (χ2v) is 4.55. The minimum Gasteiger partial charge on any atom is -0.316 e. The lowest BCUT2D eigenvalue weighted by Gasteiger charge is -2.24. The van der Waals surface area contributed by atoms with E-state index in [1.54, 1.807) is 0 Å². The first-order valence-corrected chi connectivity index (χ1v) is 5.79. The average molecular weight is 239 g/mol. The van der Waals surface area contributed by atoms with Gasteiger partial charge in [-0.05, 0) is 31.5 Å². The van der Waals surface area contributed by atoms with Crippen molar-refractivity contribution in [1.82, 2.24) is 5.32 Å². The molecule has 1 aromatic carbocycles. The predicted molar refractivity (Wildman–Crippen MR) is 60.9 cm³/mol. The molecule has 0 saturated carbocycles. The smallest absolute Gasteiger partial charge is 0.170 e. The lowest BCUT2D eigenvalue weighted by atomic mass is 9.77. The summed E-state index contributed by atoms with van der Waals surface area (Å²) in [6.45, 7) is 3.29. The molecule has 0 bridgehead atoms. The van der Waals surface area contributed by atoms with Crippen LogP contribution in [0.5, 0.6) is 0 Å². The summed E-state index contributed by atoms with van der Waals surface area (Å²) in [4.78, 5) is 12.3. The molecule has 1 N–H and O–H groups in total. The maximum atomic E-state index is 13.1. The molecule has 1 saturated heterocycles. The average Bonchev–Trinajstić information content (AvgIpc) is 2.76. The molecule has 1 fully saturated rings. The van der Waals surface area contributed by atoms with Crippen LogP contribution in [-0.2, 0) is 0 Å². The summed E-state index contributed by atoms with van der Waals surface area (Å²) in [7, 11) is 0. The molecule has 0 amide bonds. The first kappa shape index (κ1) is 12.2. The summed E-state index contributed by atoms with van der Waals surface area (Å²) in [5.74, 6) is -1.57. The van der Waals surface area contributed by atoms with Gasteiger partial charge in [0.05, 0.1) is 0 Å². The van der Waals surface area contributed by atoms with Crippen LogP contribution >= 0.6 is 0 Å². The van der Waals surface area contributed by atoms with E-state index in [1.807, 2.05) is 6.92 Å². The summed E-state index contributed by atoms with van der Waals surface area (Å²) in [6.07, 6.45) is 1.40. The van der Waals surface area contributed by atoms with Crippen LogP contribution in [-0.4, -0.2) is 18.9 Å². The van der Waals surface area contributed by atoms with Gasteiger partial charge in [-0.2, -0.15) is 0 Å². The fourth-order valence-corrected chi connectivity index (χ4v) is 2.39. The first-order chi connectivity index (χ1) is 8.07. The Labute approximate surface area is 99.0 Å². The van der Waals surface area contributed by atoms with Crippen molar-refractivity contribution in [3.8, 4) is 0 Å². The van der Waals surface area contributed by atoms with Gasteiger partial charge in [-0.3, -0.25) is 4.79 Å². The Bertz CT molecular complexity index is 419. The molecule has 1 unspecified atom stereocenters. The number of halogens is 2. The Kier molecular flexibility index (Phi) is 3.24. The second-order valence-electron chi connectivity index (χ2n) is 4.55. The summed E-state index contributed by atoms with van der Waals surface area (Å²) in [5.41, 5.74) is -0.367. The number of hydrogen-bond donors (Lipinski definition) is 1. The number of nitrogens with one attached hydrogen (secondary N) is 1. The van der Waals surface area contributed by atoms with E-state index in [4.69, 9.17) is 0 Å². The molecule has 2 nitrogen and oxygen atoms in total. The zero-order chi connectivity index (χ0) is 12.5. The van der Waals surface area contributed by atoms with Crippen molar-refractivity contribution >= 4 is 5.78 Å². The van der Waals surface area contributed by atoms with Crippen molar-refractivity contribution in [2.75, 3.05) is 13.1 Å². The van der Waals surface area contributed by atoms with Crippen molar-refractivity contribution in [2.24, 2.45) is 5.41 Å². The molecule has 0 aliphatic carbocycles. The van der Waals surface area contributed by atoms with E-state index >= 15 is 0 Å². The fourth-order valence-electron chi connectivity index (χ4n) is 2.39. The summed E-state index contributed by atoms with van der Waals surface area (Å²) in [5, 5.41) is 3.14. The van der Waals surface area contributed by atoms with Gasteiger partial charge in [-0.1, -0.05) is 6.92 Å². The highest BCUT2D eigenvalue weighted by Crippen LogP contribution is 2.33. The Hall–Kier alpha value is -1.29. The molecule has 1 aliphatic heterocycles. The summed E-state index contributed by atoms with van der Waals surface area (Å²) < 4.78 is 26.2. The zero-order valence-corrected chi connectivity index (χ0v) is 9.72. The highest BCUT2D eigenvalue weighted by atomic mass is 19.1. The second kappa shape index (κ2) is 4.53. The molecule has 1 aromatic rings. The highest BCUT2D eigenvalue weighted by molar-refractivity contribution is 6.01. The quantitative estimate of drug-likeness (QED) is 0.821. The molecule has 0 spiro atoms. The third-order valence-corrected chi connectivity index (χ3v) is 3.53. The molecule has 2 rings (SSSR count). The fraction of sp³-hybridized carbons (Fsp3) is 0.462. The maximum Gasteiger partial charge on any atom is 0.170 e. The molecule has 17 heavy (non-hydrogen) atoms. The normalized spacial score (nSPS) is 23.9. The standard InChI is InChI=1S/C13H15F2NO/c1-2-13(3-4-16-8-13)12(17)9-5-10(14)7-11(15)6-9/h5-7,16H,2-4,8H2,1H3. The van der Waals surface area contributed by atoms with Crippen LogP contribution in [0.25, 0.3) is 0 Å². The lowest BCUT2D eigenvalue weighted by Crippen LogP contribution is -2.33. The number of carbonyl (C=O) groups excluding carboxylic acids is 1. The molecule has 0 aromatic heterocycles. The van der Waals surface area contributed by atoms with E-state index in [0.29, 0.717) is 13.0 Å². The van der Waals surface area contributed by atoms with Crippen LogP contribution in [0.4, 0.5) is 8.78 Å². The Morgan fingerprint density at radius 1 is 1.35 bits per heavy atom. The summed E-state index contributed by atoms with van der Waals surface area (Å²) in [6, 6.07) is 3.00. The largest absolute Gasteiger partial charge is 0.316 e. The minimum atomic E-state index is -0.703. The van der Waals surface area contributed by atoms with E-state index in [1.165, 1.54) is 0 Å². The van der Waals surface area contributed by atoms with Gasteiger partial charge in [0.1, 0.15) is 11.6 Å². The number of Topliss-reactive ketones (excluding diaryl/α,β-unsaturated/α-hetero) is 1. The SMILES string of the molecule is CCC1(C(=O)c2cc(F)cc(F)c2)CCNC1. The van der Waals surface area contributed by atoms with Crippen LogP contribution in [0.3, 0.4) is 0 Å². The van der Waals surface area contributed by atoms with Gasteiger partial charge in [-0.15, -0.1) is 0 Å². The molecule has 4 heteroatoms. The van der Waals surface area contributed by atoms with Crippen molar-refractivity contribution < 1.29 is 13.6 Å². The third kappa shape index (κ3) is 2.22. The number of rotatable bonds is 3. The molecule has 1 aliphatic rings. The molecule has 1 atom stereocenters. The van der Waals surface area contributed by atoms with Crippen LogP contribution in [0.15, 0.2) is 18.2 Å². The predicted octanol–water partition coefficient (Wildman–Crippen LogP) is 2.54.